The number of hydrogen-bond acceptors (Lipinski definition) is 4. The predicted molar refractivity (Wildman–Crippen MR) is 125 cm³/mol. The van der Waals surface area contributed by atoms with Crippen LogP contribution < -0.4 is 5.32 Å². The van der Waals surface area contributed by atoms with Crippen LogP contribution in [0.4, 0.5) is 10.1 Å². The van der Waals surface area contributed by atoms with Crippen molar-refractivity contribution < 1.29 is 9.18 Å². The van der Waals surface area contributed by atoms with Gasteiger partial charge in [0, 0.05) is 22.6 Å². The van der Waals surface area contributed by atoms with Gasteiger partial charge in [0.1, 0.15) is 10.8 Å². The van der Waals surface area contributed by atoms with Gasteiger partial charge in [0.15, 0.2) is 0 Å². The lowest BCUT2D eigenvalue weighted by Crippen LogP contribution is -2.11. The maximum absolute atomic E-state index is 12.9. The Morgan fingerprint density at radius 3 is 2.60 bits per heavy atom. The van der Waals surface area contributed by atoms with Gasteiger partial charge in [0.2, 0.25) is 5.91 Å². The first kappa shape index (κ1) is 20.6. The molecule has 0 aliphatic rings. The Kier molecular flexibility index (Phi) is 6.45. The molecule has 0 fully saturated rings. The number of nitrogens with one attached hydrogen (secondary N) is 1. The lowest BCUT2D eigenvalue weighted by Gasteiger charge is -2.06. The third kappa shape index (κ3) is 5.26. The molecule has 0 radical (unpaired) electrons. The number of carbonyl (C=O) groups is 1. The average molecular weight is 437 g/mol. The minimum Gasteiger partial charge on any atom is -0.326 e. The number of benzene rings is 3. The molecule has 0 aliphatic heterocycles. The number of nitrogens with zero attached hydrogens (tertiary/aromatic N) is 1. The SMILES string of the molecule is Cc1ccc2nc(-c3ccc(NC(=O)CCCSc4ccc(F)cc4)cc3)sc2c1. The average Bonchev–Trinajstić information content (AvgIpc) is 3.16. The number of thiazole rings is 1. The van der Waals surface area contributed by atoms with E-state index < -0.39 is 0 Å². The number of amides is 1. The van der Waals surface area contributed by atoms with Crippen molar-refractivity contribution in [3.05, 3.63) is 78.1 Å². The molecule has 0 atom stereocenters. The van der Waals surface area contributed by atoms with Crippen LogP contribution in [0.5, 0.6) is 0 Å². The molecule has 152 valence electrons. The standard InChI is InChI=1S/C24H21FN2OS2/c1-16-4-13-21-22(15-16)30-24(27-21)17-5-9-19(10-6-17)26-23(28)3-2-14-29-20-11-7-18(25)8-12-20/h4-13,15H,2-3,14H2,1H3,(H,26,28). The molecular formula is C24H21FN2OS2. The molecule has 0 spiro atoms. The van der Waals surface area contributed by atoms with Crippen molar-refractivity contribution in [2.24, 2.45) is 0 Å². The van der Waals surface area contributed by atoms with Crippen LogP contribution >= 0.6 is 23.1 Å². The Morgan fingerprint density at radius 2 is 1.83 bits per heavy atom. The molecular weight excluding hydrogens is 415 g/mol. The van der Waals surface area contributed by atoms with Crippen LogP contribution in [0.2, 0.25) is 0 Å². The highest BCUT2D eigenvalue weighted by Gasteiger charge is 2.08. The van der Waals surface area contributed by atoms with Gasteiger partial charge in [-0.2, -0.15) is 0 Å². The summed E-state index contributed by atoms with van der Waals surface area (Å²) in [7, 11) is 0. The number of hydrogen-bond donors (Lipinski definition) is 1. The largest absolute Gasteiger partial charge is 0.326 e. The van der Waals surface area contributed by atoms with Gasteiger partial charge >= 0.3 is 0 Å². The summed E-state index contributed by atoms with van der Waals surface area (Å²) in [5.74, 6) is 0.579. The second kappa shape index (κ2) is 9.41. The molecule has 0 saturated carbocycles. The van der Waals surface area contributed by atoms with Crippen LogP contribution in [-0.4, -0.2) is 16.6 Å². The fourth-order valence-electron chi connectivity index (χ4n) is 3.03. The summed E-state index contributed by atoms with van der Waals surface area (Å²) in [5, 5.41) is 3.92. The summed E-state index contributed by atoms with van der Waals surface area (Å²) in [4.78, 5) is 17.9. The first-order valence-electron chi connectivity index (χ1n) is 9.73. The molecule has 0 saturated heterocycles. The molecule has 1 N–H and O–H groups in total. The lowest BCUT2D eigenvalue weighted by molar-refractivity contribution is -0.116. The summed E-state index contributed by atoms with van der Waals surface area (Å²) in [6.07, 6.45) is 1.21. The molecule has 4 rings (SSSR count). The Labute approximate surface area is 183 Å². The fraction of sp³-hybridized carbons (Fsp3) is 0.167. The highest BCUT2D eigenvalue weighted by atomic mass is 32.2. The predicted octanol–water partition coefficient (Wildman–Crippen LogP) is 6.92. The summed E-state index contributed by atoms with van der Waals surface area (Å²) < 4.78 is 14.1. The molecule has 3 nitrogen and oxygen atoms in total. The molecule has 1 heterocycles. The van der Waals surface area contributed by atoms with E-state index in [1.165, 1.54) is 22.4 Å². The van der Waals surface area contributed by atoms with E-state index >= 15 is 0 Å². The molecule has 0 bridgehead atoms. The van der Waals surface area contributed by atoms with E-state index in [1.54, 1.807) is 35.2 Å². The van der Waals surface area contributed by atoms with Crippen molar-refractivity contribution in [3.63, 3.8) is 0 Å². The molecule has 3 aromatic carbocycles. The maximum Gasteiger partial charge on any atom is 0.224 e. The lowest BCUT2D eigenvalue weighted by atomic mass is 10.2. The number of carbonyl (C=O) groups excluding carboxylic acids is 1. The van der Waals surface area contributed by atoms with E-state index in [9.17, 15) is 9.18 Å². The van der Waals surface area contributed by atoms with Crippen LogP contribution in [0.25, 0.3) is 20.8 Å². The van der Waals surface area contributed by atoms with Gasteiger partial charge in [0.05, 0.1) is 10.2 Å². The third-order valence-electron chi connectivity index (χ3n) is 4.59. The van der Waals surface area contributed by atoms with E-state index in [0.717, 1.165) is 38.8 Å². The van der Waals surface area contributed by atoms with Gasteiger partial charge in [-0.25, -0.2) is 9.37 Å². The Morgan fingerprint density at radius 1 is 1.07 bits per heavy atom. The van der Waals surface area contributed by atoms with E-state index in [4.69, 9.17) is 4.98 Å². The minimum atomic E-state index is -0.233. The van der Waals surface area contributed by atoms with Crippen molar-refractivity contribution >= 4 is 44.9 Å². The third-order valence-corrected chi connectivity index (χ3v) is 6.76. The Bertz CT molecular complexity index is 1150. The van der Waals surface area contributed by atoms with Crippen molar-refractivity contribution in [3.8, 4) is 10.6 Å². The summed E-state index contributed by atoms with van der Waals surface area (Å²) in [5.41, 5.74) is 4.07. The monoisotopic (exact) mass is 436 g/mol. The van der Waals surface area contributed by atoms with E-state index in [1.807, 2.05) is 30.3 Å². The Hall–Kier alpha value is -2.70. The summed E-state index contributed by atoms with van der Waals surface area (Å²) in [6, 6.07) is 20.5. The van der Waals surface area contributed by atoms with Gasteiger partial charge in [0.25, 0.3) is 0 Å². The second-order valence-electron chi connectivity index (χ2n) is 7.02. The molecule has 0 aliphatic carbocycles. The van der Waals surface area contributed by atoms with E-state index in [0.29, 0.717) is 6.42 Å². The maximum atomic E-state index is 12.9. The second-order valence-corrected chi connectivity index (χ2v) is 9.22. The molecule has 6 heteroatoms. The van der Waals surface area contributed by atoms with Crippen molar-refractivity contribution in [2.45, 2.75) is 24.7 Å². The zero-order valence-corrected chi connectivity index (χ0v) is 18.2. The van der Waals surface area contributed by atoms with Crippen LogP contribution in [0.3, 0.4) is 0 Å². The van der Waals surface area contributed by atoms with Gasteiger partial charge in [-0.3, -0.25) is 4.79 Å². The quantitative estimate of drug-likeness (QED) is 0.252. The fourth-order valence-corrected chi connectivity index (χ4v) is 4.95. The van der Waals surface area contributed by atoms with Crippen LogP contribution in [-0.2, 0) is 4.79 Å². The molecule has 1 aromatic heterocycles. The number of fused-ring (bicyclic) bond motifs is 1. The summed E-state index contributed by atoms with van der Waals surface area (Å²) in [6.45, 7) is 2.08. The molecule has 1 amide bonds. The van der Waals surface area contributed by atoms with Crippen molar-refractivity contribution in [1.29, 1.82) is 0 Å². The van der Waals surface area contributed by atoms with Gasteiger partial charge in [-0.1, -0.05) is 6.07 Å². The normalized spacial score (nSPS) is 11.0. The zero-order chi connectivity index (χ0) is 20.9. The minimum absolute atomic E-state index is 0.00193. The summed E-state index contributed by atoms with van der Waals surface area (Å²) >= 11 is 3.30. The van der Waals surface area contributed by atoms with Crippen molar-refractivity contribution in [1.82, 2.24) is 4.98 Å². The number of aryl methyl sites for hydroxylation is 1. The smallest absolute Gasteiger partial charge is 0.224 e. The number of rotatable bonds is 7. The Balaban J connectivity index is 1.28. The van der Waals surface area contributed by atoms with Crippen LogP contribution in [0, 0.1) is 12.7 Å². The van der Waals surface area contributed by atoms with Crippen LogP contribution in [0.1, 0.15) is 18.4 Å². The topological polar surface area (TPSA) is 42.0 Å². The molecule has 30 heavy (non-hydrogen) atoms. The van der Waals surface area contributed by atoms with E-state index in [2.05, 4.69) is 24.4 Å². The number of anilines is 1. The molecule has 4 aromatic rings. The molecule has 0 unspecified atom stereocenters. The zero-order valence-electron chi connectivity index (χ0n) is 16.5. The highest BCUT2D eigenvalue weighted by Crippen LogP contribution is 2.31. The number of aromatic nitrogens is 1. The number of halogens is 1. The first-order valence-corrected chi connectivity index (χ1v) is 11.5. The van der Waals surface area contributed by atoms with Gasteiger partial charge < -0.3 is 5.32 Å². The van der Waals surface area contributed by atoms with Gasteiger partial charge in [-0.05, 0) is 85.3 Å². The van der Waals surface area contributed by atoms with Crippen molar-refractivity contribution in [2.75, 3.05) is 11.1 Å². The first-order chi connectivity index (χ1) is 14.6. The van der Waals surface area contributed by atoms with Gasteiger partial charge in [-0.15, -0.1) is 23.1 Å². The highest BCUT2D eigenvalue weighted by molar-refractivity contribution is 7.99. The number of thioether (sulfide) groups is 1. The van der Waals surface area contributed by atoms with E-state index in [-0.39, 0.29) is 11.7 Å². The van der Waals surface area contributed by atoms with Crippen LogP contribution in [0.15, 0.2) is 71.6 Å².